The monoisotopic (exact) mass is 294 g/mol. The molecular weight excluding hydrogens is 276 g/mol. The maximum Gasteiger partial charge on any atom is 0.376 e. The van der Waals surface area contributed by atoms with Crippen LogP contribution < -0.4 is 0 Å². The summed E-state index contributed by atoms with van der Waals surface area (Å²) in [6.45, 7) is 6.73. The molecule has 1 rings (SSSR count). The third-order valence-corrected chi connectivity index (χ3v) is 2.32. The molecule has 0 aromatic heterocycles. The summed E-state index contributed by atoms with van der Waals surface area (Å²) in [5, 5.41) is 18.5. The first-order chi connectivity index (χ1) is 9.61. The molecule has 0 atom stereocenters. The molecule has 0 saturated heterocycles. The van der Waals surface area contributed by atoms with Gasteiger partial charge in [-0.05, 0) is 33.3 Å². The predicted molar refractivity (Wildman–Crippen MR) is 75.3 cm³/mol. The van der Waals surface area contributed by atoms with E-state index in [9.17, 15) is 19.8 Å². The molecule has 0 amide bonds. The van der Waals surface area contributed by atoms with Crippen molar-refractivity contribution in [3.05, 3.63) is 41.2 Å². The highest BCUT2D eigenvalue weighted by Crippen LogP contribution is 2.23. The lowest BCUT2D eigenvalue weighted by atomic mass is 10.0. The molecule has 6 heteroatoms. The number of carboxylic acids is 2. The van der Waals surface area contributed by atoms with Gasteiger partial charge in [-0.3, -0.25) is 0 Å². The lowest BCUT2D eigenvalue weighted by Crippen LogP contribution is -2.22. The van der Waals surface area contributed by atoms with Gasteiger partial charge in [0.2, 0.25) is 0 Å². The fourth-order valence-corrected chi connectivity index (χ4v) is 1.50. The van der Waals surface area contributed by atoms with Gasteiger partial charge < -0.3 is 15.1 Å². The SMILES string of the molecule is Cc1cccc(C(C(=O)O)=C(OOC(C)(C)C)C(=O)O)c1. The highest BCUT2D eigenvalue weighted by atomic mass is 17.2. The molecule has 0 aliphatic carbocycles. The van der Waals surface area contributed by atoms with Gasteiger partial charge in [-0.2, -0.15) is 4.89 Å². The van der Waals surface area contributed by atoms with Crippen LogP contribution in [0.4, 0.5) is 0 Å². The molecule has 0 unspecified atom stereocenters. The summed E-state index contributed by atoms with van der Waals surface area (Å²) in [5.41, 5.74) is -0.211. The van der Waals surface area contributed by atoms with E-state index in [1.54, 1.807) is 45.9 Å². The zero-order valence-electron chi connectivity index (χ0n) is 12.3. The Morgan fingerprint density at radius 1 is 1.10 bits per heavy atom. The standard InChI is InChI=1S/C15H18O6/c1-9-6-5-7-10(8-9)11(13(16)17)12(14(18)19)20-21-15(2,3)4/h5-8H,1-4H3,(H,16,17)(H,18,19). The first-order valence-electron chi connectivity index (χ1n) is 6.25. The van der Waals surface area contributed by atoms with Crippen LogP contribution in [0.25, 0.3) is 5.57 Å². The van der Waals surface area contributed by atoms with Crippen molar-refractivity contribution in [1.29, 1.82) is 0 Å². The number of rotatable bonds is 5. The summed E-state index contributed by atoms with van der Waals surface area (Å²) in [4.78, 5) is 32.4. The smallest absolute Gasteiger partial charge is 0.376 e. The number of carbonyl (C=O) groups is 2. The average Bonchev–Trinajstić information content (AvgIpc) is 2.32. The van der Waals surface area contributed by atoms with Gasteiger partial charge in [-0.15, -0.1) is 0 Å². The molecule has 0 spiro atoms. The molecule has 21 heavy (non-hydrogen) atoms. The summed E-state index contributed by atoms with van der Waals surface area (Å²) >= 11 is 0. The van der Waals surface area contributed by atoms with Gasteiger partial charge in [0.15, 0.2) is 0 Å². The van der Waals surface area contributed by atoms with Crippen LogP contribution in [0, 0.1) is 6.92 Å². The van der Waals surface area contributed by atoms with E-state index in [1.807, 2.05) is 0 Å². The zero-order chi connectivity index (χ0) is 16.2. The number of benzene rings is 1. The average molecular weight is 294 g/mol. The molecule has 0 aliphatic heterocycles. The van der Waals surface area contributed by atoms with Crippen molar-refractivity contribution in [2.75, 3.05) is 0 Å². The van der Waals surface area contributed by atoms with Crippen molar-refractivity contribution in [3.63, 3.8) is 0 Å². The van der Waals surface area contributed by atoms with Crippen molar-refractivity contribution in [2.24, 2.45) is 0 Å². The lowest BCUT2D eigenvalue weighted by molar-refractivity contribution is -0.320. The van der Waals surface area contributed by atoms with Crippen LogP contribution in [-0.4, -0.2) is 27.8 Å². The number of hydrogen-bond acceptors (Lipinski definition) is 4. The van der Waals surface area contributed by atoms with Gasteiger partial charge in [0, 0.05) is 0 Å². The molecule has 1 aromatic rings. The Bertz CT molecular complexity index is 580. The van der Waals surface area contributed by atoms with E-state index in [-0.39, 0.29) is 5.56 Å². The molecule has 0 heterocycles. The summed E-state index contributed by atoms with van der Waals surface area (Å²) in [6.07, 6.45) is 0. The fourth-order valence-electron chi connectivity index (χ4n) is 1.50. The van der Waals surface area contributed by atoms with Gasteiger partial charge in [-0.1, -0.05) is 29.8 Å². The molecule has 1 aromatic carbocycles. The van der Waals surface area contributed by atoms with Gasteiger partial charge in [0.1, 0.15) is 11.2 Å². The second-order valence-corrected chi connectivity index (χ2v) is 5.46. The van der Waals surface area contributed by atoms with Crippen LogP contribution >= 0.6 is 0 Å². The van der Waals surface area contributed by atoms with Crippen molar-refractivity contribution in [2.45, 2.75) is 33.3 Å². The summed E-state index contributed by atoms with van der Waals surface area (Å²) in [5.74, 6) is -3.68. The molecule has 0 bridgehead atoms. The first-order valence-corrected chi connectivity index (χ1v) is 6.25. The molecule has 0 fully saturated rings. The number of hydrogen-bond donors (Lipinski definition) is 2. The first kappa shape index (κ1) is 16.7. The molecule has 0 aliphatic rings. The van der Waals surface area contributed by atoms with Crippen LogP contribution in [-0.2, 0) is 19.4 Å². The second kappa shape index (κ2) is 6.41. The van der Waals surface area contributed by atoms with Crippen LogP contribution in [0.1, 0.15) is 31.9 Å². The molecule has 2 N–H and O–H groups in total. The molecule has 0 radical (unpaired) electrons. The van der Waals surface area contributed by atoms with Crippen molar-refractivity contribution >= 4 is 17.5 Å². The molecular formula is C15H18O6. The maximum atomic E-state index is 11.4. The normalized spacial score (nSPS) is 12.6. The Morgan fingerprint density at radius 2 is 1.71 bits per heavy atom. The minimum atomic E-state index is -1.52. The topological polar surface area (TPSA) is 93.1 Å². The lowest BCUT2D eigenvalue weighted by Gasteiger charge is -2.18. The number of aliphatic carboxylic acids is 2. The highest BCUT2D eigenvalue weighted by molar-refractivity contribution is 6.21. The Hall–Kier alpha value is -2.34. The van der Waals surface area contributed by atoms with Crippen molar-refractivity contribution < 1.29 is 29.6 Å². The largest absolute Gasteiger partial charge is 0.478 e. The Balaban J connectivity index is 3.35. The Labute approximate surface area is 122 Å². The third kappa shape index (κ3) is 4.92. The van der Waals surface area contributed by atoms with Crippen molar-refractivity contribution in [1.82, 2.24) is 0 Å². The molecule has 6 nitrogen and oxygen atoms in total. The second-order valence-electron chi connectivity index (χ2n) is 5.46. The van der Waals surface area contributed by atoms with Crippen LogP contribution in [0.3, 0.4) is 0 Å². The van der Waals surface area contributed by atoms with E-state index in [0.29, 0.717) is 0 Å². The summed E-state index contributed by atoms with van der Waals surface area (Å²) in [7, 11) is 0. The third-order valence-electron chi connectivity index (χ3n) is 2.32. The van der Waals surface area contributed by atoms with Gasteiger partial charge in [0.25, 0.3) is 5.76 Å². The minimum absolute atomic E-state index is 0.234. The van der Waals surface area contributed by atoms with E-state index in [2.05, 4.69) is 0 Å². The number of carboxylic acid groups (broad SMARTS) is 2. The van der Waals surface area contributed by atoms with E-state index in [0.717, 1.165) is 5.56 Å². The molecule has 0 saturated carbocycles. The Kier molecular flexibility index (Phi) is 5.10. The van der Waals surface area contributed by atoms with Crippen molar-refractivity contribution in [3.8, 4) is 0 Å². The van der Waals surface area contributed by atoms with Gasteiger partial charge in [0.05, 0.1) is 0 Å². The van der Waals surface area contributed by atoms with E-state index >= 15 is 0 Å². The zero-order valence-corrected chi connectivity index (χ0v) is 12.3. The highest BCUT2D eigenvalue weighted by Gasteiger charge is 2.27. The van der Waals surface area contributed by atoms with Gasteiger partial charge >= 0.3 is 11.9 Å². The Morgan fingerprint density at radius 3 is 2.14 bits per heavy atom. The summed E-state index contributed by atoms with van der Waals surface area (Å²) in [6, 6.07) is 6.47. The molecule has 114 valence electrons. The van der Waals surface area contributed by atoms with Crippen LogP contribution in [0.15, 0.2) is 30.0 Å². The van der Waals surface area contributed by atoms with E-state index in [1.165, 1.54) is 6.07 Å². The van der Waals surface area contributed by atoms with E-state index < -0.39 is 28.9 Å². The predicted octanol–water partition coefficient (Wildman–Crippen LogP) is 2.62. The summed E-state index contributed by atoms with van der Waals surface area (Å²) < 4.78 is 0. The van der Waals surface area contributed by atoms with E-state index in [4.69, 9.17) is 9.78 Å². The maximum absolute atomic E-state index is 11.4. The van der Waals surface area contributed by atoms with Gasteiger partial charge in [-0.25, -0.2) is 9.59 Å². The van der Waals surface area contributed by atoms with Crippen LogP contribution in [0.2, 0.25) is 0 Å². The minimum Gasteiger partial charge on any atom is -0.478 e. The number of aryl methyl sites for hydroxylation is 1. The quantitative estimate of drug-likeness (QED) is 0.375. The fraction of sp³-hybridized carbons (Fsp3) is 0.333. The van der Waals surface area contributed by atoms with Crippen LogP contribution in [0.5, 0.6) is 0 Å².